The number of sulfonamides is 1. The lowest BCUT2D eigenvalue weighted by atomic mass is 10.0. The average molecular weight is 460 g/mol. The number of rotatable bonds is 6. The number of nitrogens with zero attached hydrogens (tertiary/aromatic N) is 2. The van der Waals surface area contributed by atoms with Gasteiger partial charge in [-0.15, -0.1) is 0 Å². The molecule has 1 heterocycles. The average Bonchev–Trinajstić information content (AvgIpc) is 2.79. The van der Waals surface area contributed by atoms with Crippen LogP contribution in [0.1, 0.15) is 35.7 Å². The predicted molar refractivity (Wildman–Crippen MR) is 122 cm³/mol. The summed E-state index contributed by atoms with van der Waals surface area (Å²) >= 11 is 0. The van der Waals surface area contributed by atoms with Crippen LogP contribution >= 0.6 is 0 Å². The number of piperidine rings is 1. The normalized spacial score (nSPS) is 14.7. The van der Waals surface area contributed by atoms with Crippen LogP contribution in [0.25, 0.3) is 0 Å². The van der Waals surface area contributed by atoms with Crippen molar-refractivity contribution in [1.82, 2.24) is 10.2 Å². The van der Waals surface area contributed by atoms with Crippen molar-refractivity contribution in [2.75, 3.05) is 31.0 Å². The van der Waals surface area contributed by atoms with Gasteiger partial charge in [-0.1, -0.05) is 17.7 Å². The van der Waals surface area contributed by atoms with Gasteiger partial charge in [-0.25, -0.2) is 13.2 Å². The van der Waals surface area contributed by atoms with E-state index < -0.39 is 10.0 Å². The van der Waals surface area contributed by atoms with Gasteiger partial charge in [0.15, 0.2) is 0 Å². The van der Waals surface area contributed by atoms with Gasteiger partial charge in [0, 0.05) is 31.7 Å². The van der Waals surface area contributed by atoms with E-state index in [1.807, 2.05) is 6.92 Å². The van der Waals surface area contributed by atoms with Gasteiger partial charge >= 0.3 is 6.09 Å². The molecule has 1 saturated heterocycles. The van der Waals surface area contributed by atoms with E-state index in [0.29, 0.717) is 43.8 Å². The second-order valence-electron chi connectivity index (χ2n) is 7.77. The van der Waals surface area contributed by atoms with Crippen molar-refractivity contribution >= 4 is 27.7 Å². The Hall–Kier alpha value is -3.07. The van der Waals surface area contributed by atoms with E-state index in [9.17, 15) is 18.0 Å². The highest BCUT2D eigenvalue weighted by atomic mass is 32.2. The SMILES string of the molecule is CCOC(=O)N1CCC(NC(=O)c2ccc(N(C)S(=O)(=O)c3ccc(C)cc3)cc2)CC1. The Bertz CT molecular complexity index is 1040. The Morgan fingerprint density at radius 1 is 1.06 bits per heavy atom. The molecule has 0 bridgehead atoms. The molecule has 0 saturated carbocycles. The van der Waals surface area contributed by atoms with E-state index in [1.54, 1.807) is 60.4 Å². The highest BCUT2D eigenvalue weighted by Gasteiger charge is 2.25. The first-order valence-corrected chi connectivity index (χ1v) is 12.0. The molecule has 2 aromatic carbocycles. The minimum Gasteiger partial charge on any atom is -0.450 e. The fraction of sp³-hybridized carbons (Fsp3) is 0.391. The van der Waals surface area contributed by atoms with E-state index in [2.05, 4.69) is 5.32 Å². The quantitative estimate of drug-likeness (QED) is 0.716. The third kappa shape index (κ3) is 5.40. The standard InChI is InChI=1S/C23H29N3O5S/c1-4-31-23(28)26-15-13-19(14-16-26)24-22(27)18-7-9-20(10-8-18)25(3)32(29,30)21-11-5-17(2)6-12-21/h5-12,19H,4,13-16H2,1-3H3,(H,24,27). The van der Waals surface area contributed by atoms with Gasteiger partial charge in [-0.3, -0.25) is 9.10 Å². The number of amides is 2. The van der Waals surface area contributed by atoms with Gasteiger partial charge in [-0.05, 0) is 63.1 Å². The summed E-state index contributed by atoms with van der Waals surface area (Å²) in [6.07, 6.45) is 0.984. The summed E-state index contributed by atoms with van der Waals surface area (Å²) in [5.74, 6) is -0.227. The van der Waals surface area contributed by atoms with E-state index in [-0.39, 0.29) is 22.9 Å². The summed E-state index contributed by atoms with van der Waals surface area (Å²) in [5.41, 5.74) is 1.89. The van der Waals surface area contributed by atoms with E-state index >= 15 is 0 Å². The lowest BCUT2D eigenvalue weighted by molar-refractivity contribution is 0.0860. The smallest absolute Gasteiger partial charge is 0.409 e. The number of aryl methyl sites for hydroxylation is 1. The van der Waals surface area contributed by atoms with Gasteiger partial charge in [0.1, 0.15) is 0 Å². The van der Waals surface area contributed by atoms with Crippen LogP contribution in [0, 0.1) is 6.92 Å². The summed E-state index contributed by atoms with van der Waals surface area (Å²) < 4.78 is 31.9. The second kappa shape index (κ2) is 10.0. The van der Waals surface area contributed by atoms with Crippen molar-refractivity contribution in [1.29, 1.82) is 0 Å². The molecule has 3 rings (SSSR count). The molecule has 9 heteroatoms. The molecular formula is C23H29N3O5S. The van der Waals surface area contributed by atoms with Crippen molar-refractivity contribution in [2.24, 2.45) is 0 Å². The summed E-state index contributed by atoms with van der Waals surface area (Å²) in [6.45, 7) is 5.07. The Labute approximate surface area is 189 Å². The van der Waals surface area contributed by atoms with E-state index in [4.69, 9.17) is 4.74 Å². The highest BCUT2D eigenvalue weighted by molar-refractivity contribution is 7.92. The van der Waals surface area contributed by atoms with Crippen LogP contribution in [0.4, 0.5) is 10.5 Å². The summed E-state index contributed by atoms with van der Waals surface area (Å²) in [6, 6.07) is 13.1. The first-order valence-electron chi connectivity index (χ1n) is 10.6. The topological polar surface area (TPSA) is 96.0 Å². The molecule has 0 aromatic heterocycles. The van der Waals surface area contributed by atoms with Crippen molar-refractivity contribution in [2.45, 2.75) is 37.6 Å². The van der Waals surface area contributed by atoms with E-state index in [1.165, 1.54) is 11.4 Å². The second-order valence-corrected chi connectivity index (χ2v) is 9.74. The zero-order chi connectivity index (χ0) is 23.3. The zero-order valence-corrected chi connectivity index (χ0v) is 19.4. The number of carbonyl (C=O) groups excluding carboxylic acids is 2. The third-order valence-electron chi connectivity index (χ3n) is 5.53. The monoisotopic (exact) mass is 459 g/mol. The van der Waals surface area contributed by atoms with Gasteiger partial charge in [0.05, 0.1) is 17.2 Å². The van der Waals surface area contributed by atoms with Crippen molar-refractivity contribution < 1.29 is 22.7 Å². The summed E-state index contributed by atoms with van der Waals surface area (Å²) in [7, 11) is -2.20. The minimum absolute atomic E-state index is 0.0301. The fourth-order valence-electron chi connectivity index (χ4n) is 3.52. The third-order valence-corrected chi connectivity index (χ3v) is 7.33. The Kier molecular flexibility index (Phi) is 7.40. The lowest BCUT2D eigenvalue weighted by Crippen LogP contribution is -2.46. The number of benzene rings is 2. The maximum atomic E-state index is 12.9. The Morgan fingerprint density at radius 3 is 2.22 bits per heavy atom. The molecule has 0 unspecified atom stereocenters. The lowest BCUT2D eigenvalue weighted by Gasteiger charge is -2.31. The number of carbonyl (C=O) groups is 2. The molecule has 0 atom stereocenters. The molecule has 0 spiro atoms. The van der Waals surface area contributed by atoms with E-state index in [0.717, 1.165) is 5.56 Å². The fourth-order valence-corrected chi connectivity index (χ4v) is 4.72. The maximum Gasteiger partial charge on any atom is 0.409 e. The van der Waals surface area contributed by atoms with Crippen LogP contribution in [0.3, 0.4) is 0 Å². The number of nitrogens with one attached hydrogen (secondary N) is 1. The van der Waals surface area contributed by atoms with Gasteiger partial charge in [-0.2, -0.15) is 0 Å². The number of anilines is 1. The molecule has 1 aliphatic heterocycles. The number of hydrogen-bond donors (Lipinski definition) is 1. The van der Waals surface area contributed by atoms with Gasteiger partial charge in [0.2, 0.25) is 0 Å². The van der Waals surface area contributed by atoms with Crippen LogP contribution in [-0.4, -0.2) is 58.1 Å². The van der Waals surface area contributed by atoms with Gasteiger partial charge < -0.3 is 15.0 Å². The molecule has 1 N–H and O–H groups in total. The highest BCUT2D eigenvalue weighted by Crippen LogP contribution is 2.23. The molecule has 0 aliphatic carbocycles. The van der Waals surface area contributed by atoms with Crippen molar-refractivity contribution in [3.63, 3.8) is 0 Å². The van der Waals surface area contributed by atoms with Crippen LogP contribution in [0.2, 0.25) is 0 Å². The molecular weight excluding hydrogens is 430 g/mol. The summed E-state index contributed by atoms with van der Waals surface area (Å²) in [4.78, 5) is 26.2. The van der Waals surface area contributed by atoms with Crippen molar-refractivity contribution in [3.05, 3.63) is 59.7 Å². The van der Waals surface area contributed by atoms with Crippen LogP contribution in [0.15, 0.2) is 53.4 Å². The molecule has 1 aliphatic rings. The molecule has 2 aromatic rings. The first-order chi connectivity index (χ1) is 15.2. The molecule has 1 fully saturated rings. The largest absolute Gasteiger partial charge is 0.450 e. The Balaban J connectivity index is 1.60. The number of ether oxygens (including phenoxy) is 1. The first kappa shape index (κ1) is 23.6. The molecule has 2 amide bonds. The minimum atomic E-state index is -3.69. The van der Waals surface area contributed by atoms with Crippen LogP contribution in [-0.2, 0) is 14.8 Å². The van der Waals surface area contributed by atoms with Crippen molar-refractivity contribution in [3.8, 4) is 0 Å². The number of likely N-dealkylation sites (tertiary alicyclic amines) is 1. The molecule has 8 nitrogen and oxygen atoms in total. The number of hydrogen-bond acceptors (Lipinski definition) is 5. The van der Waals surface area contributed by atoms with Gasteiger partial charge in [0.25, 0.3) is 15.9 Å². The molecule has 0 radical (unpaired) electrons. The molecule has 172 valence electrons. The maximum absolute atomic E-state index is 12.9. The summed E-state index contributed by atoms with van der Waals surface area (Å²) in [5, 5.41) is 2.99. The molecule has 32 heavy (non-hydrogen) atoms. The predicted octanol–water partition coefficient (Wildman–Crippen LogP) is 3.17. The van der Waals surface area contributed by atoms with Crippen LogP contribution < -0.4 is 9.62 Å². The van der Waals surface area contributed by atoms with Crippen LogP contribution in [0.5, 0.6) is 0 Å². The zero-order valence-electron chi connectivity index (χ0n) is 18.6. The Morgan fingerprint density at radius 2 is 1.66 bits per heavy atom.